The molecule has 0 aliphatic carbocycles. The number of halogens is 3. The predicted octanol–water partition coefficient (Wildman–Crippen LogP) is 2.92. The van der Waals surface area contributed by atoms with Crippen LogP contribution in [-0.2, 0) is 27.3 Å². The zero-order valence-corrected chi connectivity index (χ0v) is 26.3. The van der Waals surface area contributed by atoms with Crippen molar-refractivity contribution >= 4 is 29.6 Å². The van der Waals surface area contributed by atoms with Crippen LogP contribution in [0.25, 0.3) is 0 Å². The molecule has 0 saturated carbocycles. The predicted molar refractivity (Wildman–Crippen MR) is 165 cm³/mol. The number of carboxylic acids is 1. The number of phenols is 2. The summed E-state index contributed by atoms with van der Waals surface area (Å²) in [5.41, 5.74) is 8.94. The average molecular weight is 675 g/mol. The van der Waals surface area contributed by atoms with Gasteiger partial charge in [-0.1, -0.05) is 12.1 Å². The quantitative estimate of drug-likeness (QED) is 0.196. The third kappa shape index (κ3) is 10.7. The molecule has 5 N–H and O–H groups in total. The van der Waals surface area contributed by atoms with E-state index in [1.165, 1.54) is 17.0 Å². The Kier molecular flexibility index (Phi) is 12.5. The van der Waals surface area contributed by atoms with Crippen LogP contribution in [0.3, 0.4) is 0 Å². The lowest BCUT2D eigenvalue weighted by molar-refractivity contribution is -0.911. The molecule has 1 saturated heterocycles. The Balaban J connectivity index is 0.000000804. The van der Waals surface area contributed by atoms with E-state index in [0.717, 1.165) is 17.7 Å². The molecule has 258 valence electrons. The molecule has 1 unspecified atom stereocenters. The molecule has 1 fully saturated rings. The summed E-state index contributed by atoms with van der Waals surface area (Å²) in [7, 11) is 2.08. The summed E-state index contributed by atoms with van der Waals surface area (Å²) in [4.78, 5) is 49.4. The number of aromatic hydroxyl groups is 2. The Labute approximate surface area is 274 Å². The molecule has 4 rings (SSSR count). The fourth-order valence-electron chi connectivity index (χ4n) is 5.23. The lowest BCUT2D eigenvalue weighted by Gasteiger charge is -2.33. The number of imide groups is 1. The summed E-state index contributed by atoms with van der Waals surface area (Å²) < 4.78 is 37.2. The SMILES string of the molecule is CCOC(=O)c1ccc(NC(=O)N(C(=O)[C@@H](N)Cc2ccc(O)cc2)[C@H]2CC[N+](C)(Cc3ccc(O)cc3)C2)cc1.O=C([O-])C(F)(F)F. The number of carboxylic acid groups (broad SMARTS) is 1. The standard InChI is InChI=1S/C31H36N4O6.C2HF3O2/c1-3-41-30(39)23-8-10-24(11-9-23)33-31(40)34(29(38)28(32)18-21-4-12-26(36)13-5-21)25-16-17-35(2,20-25)19-22-6-14-27(37)15-7-22;3-2(4,5)1(6)7/h4-15,25,28H,3,16-20,32H2,1-2H3,(H2-,33,36,37,39,40);(H,6,7)/t25-,28-,35?;/m0./s1. The number of ether oxygens (including phenoxy) is 1. The minimum Gasteiger partial charge on any atom is -0.542 e. The highest BCUT2D eigenvalue weighted by Crippen LogP contribution is 2.27. The highest BCUT2D eigenvalue weighted by Gasteiger charge is 2.43. The van der Waals surface area contributed by atoms with Crippen molar-refractivity contribution in [3.05, 3.63) is 89.5 Å². The Morgan fingerprint density at radius 1 is 0.979 bits per heavy atom. The van der Waals surface area contributed by atoms with E-state index in [4.69, 9.17) is 20.4 Å². The molecule has 1 heterocycles. The van der Waals surface area contributed by atoms with Gasteiger partial charge < -0.3 is 40.4 Å². The number of amides is 3. The first-order valence-corrected chi connectivity index (χ1v) is 14.9. The van der Waals surface area contributed by atoms with Gasteiger partial charge in [-0.25, -0.2) is 9.59 Å². The fourth-order valence-corrected chi connectivity index (χ4v) is 5.23. The van der Waals surface area contributed by atoms with Gasteiger partial charge in [0.05, 0.1) is 37.8 Å². The van der Waals surface area contributed by atoms with Crippen LogP contribution in [0.1, 0.15) is 34.8 Å². The first-order valence-electron chi connectivity index (χ1n) is 14.9. The van der Waals surface area contributed by atoms with Crippen molar-refractivity contribution < 1.29 is 56.9 Å². The summed E-state index contributed by atoms with van der Waals surface area (Å²) >= 11 is 0. The summed E-state index contributed by atoms with van der Waals surface area (Å²) in [6, 6.07) is 17.8. The van der Waals surface area contributed by atoms with Crippen LogP contribution in [0.2, 0.25) is 0 Å². The third-order valence-corrected chi connectivity index (χ3v) is 7.56. The molecule has 3 amide bonds. The van der Waals surface area contributed by atoms with Crippen LogP contribution in [0.15, 0.2) is 72.8 Å². The number of alkyl halides is 3. The van der Waals surface area contributed by atoms with E-state index in [0.29, 0.717) is 35.2 Å². The van der Waals surface area contributed by atoms with Gasteiger partial charge in [0.1, 0.15) is 30.6 Å². The van der Waals surface area contributed by atoms with Crippen molar-refractivity contribution in [1.82, 2.24) is 4.90 Å². The number of phenolic OH excluding ortho intramolecular Hbond substituents is 2. The van der Waals surface area contributed by atoms with Crippen LogP contribution in [-0.4, -0.2) is 88.5 Å². The number of likely N-dealkylation sites (tertiary alicyclic amines) is 1. The van der Waals surface area contributed by atoms with Gasteiger partial charge >= 0.3 is 18.2 Å². The number of hydrogen-bond donors (Lipinski definition) is 4. The largest absolute Gasteiger partial charge is 0.542 e. The number of esters is 1. The zero-order chi connectivity index (χ0) is 35.6. The van der Waals surface area contributed by atoms with Gasteiger partial charge in [-0.2, -0.15) is 13.2 Å². The molecular weight excluding hydrogens is 637 g/mol. The maximum atomic E-state index is 13.8. The molecule has 12 nitrogen and oxygen atoms in total. The van der Waals surface area contributed by atoms with Crippen LogP contribution in [0.5, 0.6) is 11.5 Å². The van der Waals surface area contributed by atoms with E-state index in [2.05, 4.69) is 12.4 Å². The number of aliphatic carboxylic acids is 1. The second-order valence-electron chi connectivity index (χ2n) is 11.5. The Morgan fingerprint density at radius 3 is 2.00 bits per heavy atom. The molecule has 1 aliphatic heterocycles. The van der Waals surface area contributed by atoms with Crippen molar-refractivity contribution in [3.63, 3.8) is 0 Å². The number of likely N-dealkylation sites (N-methyl/N-ethyl adjacent to an activating group) is 1. The number of anilines is 1. The van der Waals surface area contributed by atoms with Crippen LogP contribution < -0.4 is 16.2 Å². The maximum absolute atomic E-state index is 13.8. The third-order valence-electron chi connectivity index (χ3n) is 7.56. The van der Waals surface area contributed by atoms with Gasteiger partial charge in [0, 0.05) is 17.7 Å². The first-order chi connectivity index (χ1) is 22.5. The van der Waals surface area contributed by atoms with Gasteiger partial charge in [0.2, 0.25) is 5.91 Å². The molecule has 3 atom stereocenters. The minimum atomic E-state index is -5.19. The molecule has 0 bridgehead atoms. The summed E-state index contributed by atoms with van der Waals surface area (Å²) in [5, 5.41) is 30.8. The molecule has 0 spiro atoms. The van der Waals surface area contributed by atoms with Crippen molar-refractivity contribution in [2.75, 3.05) is 32.1 Å². The number of rotatable bonds is 9. The van der Waals surface area contributed by atoms with Crippen molar-refractivity contribution in [3.8, 4) is 11.5 Å². The van der Waals surface area contributed by atoms with Crippen molar-refractivity contribution in [2.24, 2.45) is 5.73 Å². The number of nitrogens with zero attached hydrogens (tertiary/aromatic N) is 2. The number of benzene rings is 3. The smallest absolute Gasteiger partial charge is 0.430 e. The maximum Gasteiger partial charge on any atom is 0.430 e. The topological polar surface area (TPSA) is 182 Å². The second-order valence-corrected chi connectivity index (χ2v) is 11.5. The number of urea groups is 1. The average Bonchev–Trinajstić information content (AvgIpc) is 3.40. The van der Waals surface area contributed by atoms with Crippen LogP contribution in [0.4, 0.5) is 23.7 Å². The Bertz CT molecular complexity index is 1570. The van der Waals surface area contributed by atoms with Gasteiger partial charge in [-0.3, -0.25) is 9.69 Å². The number of hydrogen-bond acceptors (Lipinski definition) is 9. The lowest BCUT2D eigenvalue weighted by atomic mass is 10.0. The number of carbonyl (C=O) groups is 4. The van der Waals surface area contributed by atoms with Crippen LogP contribution in [0, 0.1) is 0 Å². The van der Waals surface area contributed by atoms with Crippen molar-refractivity contribution in [1.29, 1.82) is 0 Å². The van der Waals surface area contributed by atoms with E-state index in [1.807, 2.05) is 12.1 Å². The molecule has 0 aromatic heterocycles. The molecule has 15 heteroatoms. The van der Waals surface area contributed by atoms with Gasteiger partial charge in [-0.05, 0) is 79.6 Å². The highest BCUT2D eigenvalue weighted by atomic mass is 19.4. The van der Waals surface area contributed by atoms with E-state index < -0.39 is 42.1 Å². The number of quaternary nitrogens is 1. The Morgan fingerprint density at radius 2 is 1.50 bits per heavy atom. The second kappa shape index (κ2) is 16.1. The minimum absolute atomic E-state index is 0.111. The Hall–Kier alpha value is -5.15. The lowest BCUT2D eigenvalue weighted by Crippen LogP contribution is -2.55. The molecule has 3 aromatic rings. The van der Waals surface area contributed by atoms with E-state index >= 15 is 0 Å². The summed E-state index contributed by atoms with van der Waals surface area (Å²) in [6.07, 6.45) is -4.40. The molecule has 48 heavy (non-hydrogen) atoms. The van der Waals surface area contributed by atoms with Gasteiger partial charge in [-0.15, -0.1) is 0 Å². The molecule has 1 aliphatic rings. The zero-order valence-electron chi connectivity index (χ0n) is 26.3. The van der Waals surface area contributed by atoms with E-state index in [1.54, 1.807) is 55.5 Å². The molecular formula is C33H37F3N4O8. The highest BCUT2D eigenvalue weighted by molar-refractivity contribution is 6.03. The number of carbonyl (C=O) groups excluding carboxylic acids is 4. The summed E-state index contributed by atoms with van der Waals surface area (Å²) in [6.45, 7) is 3.93. The van der Waals surface area contributed by atoms with Crippen LogP contribution >= 0.6 is 0 Å². The van der Waals surface area contributed by atoms with E-state index in [-0.39, 0.29) is 24.5 Å². The van der Waals surface area contributed by atoms with Crippen molar-refractivity contribution in [2.45, 2.75) is 44.6 Å². The number of nitrogens with one attached hydrogen (secondary N) is 1. The van der Waals surface area contributed by atoms with Gasteiger partial charge in [0.25, 0.3) is 0 Å². The van der Waals surface area contributed by atoms with Gasteiger partial charge in [0.15, 0.2) is 0 Å². The molecule has 3 aromatic carbocycles. The molecule has 0 radical (unpaired) electrons. The number of nitrogens with two attached hydrogens (primary N) is 1. The monoisotopic (exact) mass is 674 g/mol. The van der Waals surface area contributed by atoms with E-state index in [9.17, 15) is 37.8 Å². The first kappa shape index (κ1) is 37.3. The summed E-state index contributed by atoms with van der Waals surface area (Å²) in [5.74, 6) is -3.66. The fraction of sp³-hybridized carbons (Fsp3) is 0.333. The normalized spacial score (nSPS) is 17.8.